The Bertz CT molecular complexity index is 3000. The van der Waals surface area contributed by atoms with E-state index in [1.165, 1.54) is 0 Å². The van der Waals surface area contributed by atoms with E-state index in [1.54, 1.807) is 9.13 Å². The van der Waals surface area contributed by atoms with E-state index in [1.807, 2.05) is 111 Å². The quantitative estimate of drug-likeness (QED) is 0.0855. The molecule has 9 heteroatoms. The highest BCUT2D eigenvalue weighted by molar-refractivity contribution is 7.71. The summed E-state index contributed by atoms with van der Waals surface area (Å²) in [5.41, 5.74) is 10.5. The summed E-state index contributed by atoms with van der Waals surface area (Å²) in [5, 5.41) is 12.0. The molecule has 0 radical (unpaired) electrons. The summed E-state index contributed by atoms with van der Waals surface area (Å²) in [6.07, 6.45) is 10.7. The molecule has 2 aliphatic heterocycles. The van der Waals surface area contributed by atoms with Gasteiger partial charge in [-0.15, -0.1) is 0 Å². The van der Waals surface area contributed by atoms with Crippen molar-refractivity contribution in [2.75, 3.05) is 19.0 Å². The van der Waals surface area contributed by atoms with Gasteiger partial charge in [-0.1, -0.05) is 86.7 Å². The van der Waals surface area contributed by atoms with Crippen molar-refractivity contribution in [3.05, 3.63) is 192 Å². The lowest BCUT2D eigenvalue weighted by Crippen LogP contribution is -2.29. The molecule has 8 nitrogen and oxygen atoms in total. The van der Waals surface area contributed by atoms with Crippen LogP contribution in [0.1, 0.15) is 109 Å². The maximum atomic E-state index is 14.6. The molecule has 0 unspecified atom stereocenters. The van der Waals surface area contributed by atoms with Gasteiger partial charge < -0.3 is 10.0 Å². The second-order valence-corrected chi connectivity index (χ2v) is 18.1. The standard InChI is InChI=1S/C54H54N4O4S/c1-9-57-50(61)47(51(62)58(10-2)52(57)63)46-34(26-30-44-53(3,4)40-32-38(24-28-42(40)55(44)7)48(59)36-18-13-11-14-19-36)22-17-23-35(46)27-31-45-54(5,6)41-33-39(25-29-43(41)56(45)8)49(60)37-20-15-12-16-21-37/h11-16,18-21,24-33H,9-10,17,22-23H2,1-8H3/p+1. The molecule has 0 spiro atoms. The summed E-state index contributed by atoms with van der Waals surface area (Å²) in [6.45, 7) is 13.3. The minimum absolute atomic E-state index is 0.0157. The lowest BCUT2D eigenvalue weighted by molar-refractivity contribution is -0.401. The zero-order chi connectivity index (χ0) is 45.0. The van der Waals surface area contributed by atoms with Crippen LogP contribution in [0.2, 0.25) is 0 Å². The normalized spacial score (nSPS) is 17.9. The first-order valence-electron chi connectivity index (χ1n) is 21.8. The van der Waals surface area contributed by atoms with Gasteiger partial charge in [0.25, 0.3) is 5.56 Å². The van der Waals surface area contributed by atoms with Crippen molar-refractivity contribution in [3.8, 4) is 5.88 Å². The zero-order valence-corrected chi connectivity index (χ0v) is 38.3. The molecule has 4 aromatic carbocycles. The van der Waals surface area contributed by atoms with E-state index in [2.05, 4.69) is 75.6 Å². The highest BCUT2D eigenvalue weighted by Gasteiger charge is 2.44. The van der Waals surface area contributed by atoms with Gasteiger partial charge in [-0.2, -0.15) is 4.58 Å². The van der Waals surface area contributed by atoms with Gasteiger partial charge in [-0.3, -0.25) is 23.5 Å². The zero-order valence-electron chi connectivity index (χ0n) is 37.5. The number of benzene rings is 4. The summed E-state index contributed by atoms with van der Waals surface area (Å²) in [4.78, 5) is 43.8. The number of carbonyl (C=O) groups excluding carboxylic acids is 2. The van der Waals surface area contributed by atoms with Crippen LogP contribution in [0.15, 0.2) is 143 Å². The summed E-state index contributed by atoms with van der Waals surface area (Å²) in [7, 11) is 4.10. The monoisotopic (exact) mass is 855 g/mol. The van der Waals surface area contributed by atoms with Crippen LogP contribution in [0.25, 0.3) is 5.57 Å². The van der Waals surface area contributed by atoms with Crippen molar-refractivity contribution in [3.63, 3.8) is 0 Å². The molecule has 0 saturated heterocycles. The third-order valence-corrected chi connectivity index (χ3v) is 13.8. The number of fused-ring (bicyclic) bond motifs is 2. The van der Waals surface area contributed by atoms with Crippen molar-refractivity contribution in [1.82, 2.24) is 9.13 Å². The minimum Gasteiger partial charge on any atom is -0.494 e. The molecule has 8 rings (SSSR count). The number of nitrogens with zero attached hydrogens (tertiary/aromatic N) is 4. The van der Waals surface area contributed by atoms with Crippen molar-refractivity contribution in [2.24, 2.45) is 0 Å². The van der Waals surface area contributed by atoms with Gasteiger partial charge in [0, 0.05) is 76.9 Å². The molecule has 1 N–H and O–H groups in total. The van der Waals surface area contributed by atoms with Crippen LogP contribution in [0.4, 0.5) is 11.4 Å². The van der Waals surface area contributed by atoms with E-state index in [0.29, 0.717) is 48.2 Å². The fourth-order valence-corrected chi connectivity index (χ4v) is 10.3. The number of likely N-dealkylation sites (N-methyl/N-ethyl adjacent to an activating group) is 1. The fraction of sp³-hybridized carbons (Fsp3) is 0.278. The molecule has 3 aliphatic rings. The molecule has 0 fully saturated rings. The predicted octanol–water partition coefficient (Wildman–Crippen LogP) is 11.0. The summed E-state index contributed by atoms with van der Waals surface area (Å²) >= 11 is 5.74. The first-order chi connectivity index (χ1) is 30.1. The third-order valence-electron chi connectivity index (χ3n) is 13.4. The van der Waals surface area contributed by atoms with E-state index in [9.17, 15) is 19.5 Å². The van der Waals surface area contributed by atoms with E-state index in [-0.39, 0.29) is 33.3 Å². The van der Waals surface area contributed by atoms with Crippen molar-refractivity contribution in [1.29, 1.82) is 0 Å². The van der Waals surface area contributed by atoms with E-state index < -0.39 is 10.8 Å². The summed E-state index contributed by atoms with van der Waals surface area (Å²) in [5.74, 6) is -0.162. The van der Waals surface area contributed by atoms with Gasteiger partial charge >= 0.3 is 0 Å². The first-order valence-corrected chi connectivity index (χ1v) is 22.3. The smallest absolute Gasteiger partial charge is 0.266 e. The van der Waals surface area contributed by atoms with Gasteiger partial charge in [-0.25, -0.2) is 0 Å². The number of aromatic nitrogens is 2. The van der Waals surface area contributed by atoms with Crippen LogP contribution < -0.4 is 10.5 Å². The van der Waals surface area contributed by atoms with Gasteiger partial charge in [0.05, 0.1) is 5.41 Å². The van der Waals surface area contributed by atoms with Crippen molar-refractivity contribution in [2.45, 2.75) is 84.7 Å². The number of anilines is 1. The van der Waals surface area contributed by atoms with Crippen LogP contribution in [-0.4, -0.2) is 50.2 Å². The Morgan fingerprint density at radius 2 is 1.33 bits per heavy atom. The molecule has 1 aromatic heterocycles. The van der Waals surface area contributed by atoms with Crippen LogP contribution in [-0.2, 0) is 23.9 Å². The van der Waals surface area contributed by atoms with E-state index >= 15 is 0 Å². The number of allylic oxidation sites excluding steroid dienone is 8. The highest BCUT2D eigenvalue weighted by atomic mass is 32.1. The van der Waals surface area contributed by atoms with Crippen LogP contribution in [0.3, 0.4) is 0 Å². The molecular formula is C54H55N4O4S+. The minimum atomic E-state index is -0.447. The van der Waals surface area contributed by atoms with E-state index in [4.69, 9.17) is 12.2 Å². The second-order valence-electron chi connectivity index (χ2n) is 17.7. The molecular weight excluding hydrogens is 801 g/mol. The number of carbonyl (C=O) groups is 2. The van der Waals surface area contributed by atoms with Gasteiger partial charge in [0.15, 0.2) is 22.0 Å². The maximum Gasteiger partial charge on any atom is 0.266 e. The SMILES string of the molecule is CCn1c(O)c(C2=C(C=CC3=[N+](C)c4ccc(C(=O)c5ccccc5)cc4C3(C)C)CCCC2=CC=C2N(C)c3ccc(C(=O)c4ccccc4)cc3C2(C)C)c(=O)n(CC)c1=S. The van der Waals surface area contributed by atoms with Crippen molar-refractivity contribution < 1.29 is 19.3 Å². The molecule has 3 heterocycles. The van der Waals surface area contributed by atoms with Crippen LogP contribution >= 0.6 is 12.2 Å². The topological polar surface area (TPSA) is 87.6 Å². The number of rotatable bonds is 10. The number of hydrogen-bond donors (Lipinski definition) is 1. The second kappa shape index (κ2) is 16.7. The number of hydrogen-bond acceptors (Lipinski definition) is 6. The molecule has 0 bridgehead atoms. The maximum absolute atomic E-state index is 14.6. The molecule has 0 amide bonds. The average molecular weight is 856 g/mol. The third kappa shape index (κ3) is 7.32. The Kier molecular flexibility index (Phi) is 11.4. The summed E-state index contributed by atoms with van der Waals surface area (Å²) < 4.78 is 5.68. The lowest BCUT2D eigenvalue weighted by atomic mass is 9.79. The highest BCUT2D eigenvalue weighted by Crippen LogP contribution is 2.48. The first kappa shape index (κ1) is 43.2. The Balaban J connectivity index is 1.24. The van der Waals surface area contributed by atoms with Crippen LogP contribution in [0, 0.1) is 4.77 Å². The fourth-order valence-electron chi connectivity index (χ4n) is 9.88. The Morgan fingerprint density at radius 1 is 0.746 bits per heavy atom. The molecule has 320 valence electrons. The molecule has 1 aliphatic carbocycles. The largest absolute Gasteiger partial charge is 0.494 e. The number of ketones is 2. The number of aromatic hydroxyl groups is 1. The van der Waals surface area contributed by atoms with Gasteiger partial charge in [-0.05, 0) is 118 Å². The predicted molar refractivity (Wildman–Crippen MR) is 257 cm³/mol. The molecule has 5 aromatic rings. The van der Waals surface area contributed by atoms with Crippen LogP contribution in [0.5, 0.6) is 5.88 Å². The Morgan fingerprint density at radius 3 is 1.94 bits per heavy atom. The summed E-state index contributed by atoms with van der Waals surface area (Å²) in [6, 6.07) is 30.6. The average Bonchev–Trinajstić information content (AvgIpc) is 3.60. The lowest BCUT2D eigenvalue weighted by Gasteiger charge is -2.26. The Hall–Kier alpha value is -6.45. The molecule has 0 saturated carbocycles. The molecule has 63 heavy (non-hydrogen) atoms. The van der Waals surface area contributed by atoms with E-state index in [0.717, 1.165) is 57.1 Å². The van der Waals surface area contributed by atoms with Gasteiger partial charge in [0.1, 0.15) is 12.6 Å². The molecule has 0 atom stereocenters. The Labute approximate surface area is 375 Å². The van der Waals surface area contributed by atoms with Gasteiger partial charge in [0.2, 0.25) is 11.6 Å². The van der Waals surface area contributed by atoms with Crippen molar-refractivity contribution >= 4 is 46.4 Å².